The van der Waals surface area contributed by atoms with E-state index in [0.717, 1.165) is 19.5 Å². The predicted molar refractivity (Wildman–Crippen MR) is 65.9 cm³/mol. The summed E-state index contributed by atoms with van der Waals surface area (Å²) < 4.78 is 39.1. The maximum Gasteiger partial charge on any atom is 0.418 e. The lowest BCUT2D eigenvalue weighted by molar-refractivity contribution is -0.137. The van der Waals surface area contributed by atoms with Crippen LogP contribution in [0.4, 0.5) is 18.9 Å². The average molecular weight is 258 g/mol. The Balaban J connectivity index is 2.36. The van der Waals surface area contributed by atoms with Crippen molar-refractivity contribution in [2.24, 2.45) is 0 Å². The van der Waals surface area contributed by atoms with Crippen molar-refractivity contribution >= 4 is 5.69 Å². The molecule has 1 aliphatic heterocycles. The summed E-state index contributed by atoms with van der Waals surface area (Å²) in [5.41, 5.74) is 0.417. The number of alkyl halides is 3. The molecule has 0 unspecified atom stereocenters. The first kappa shape index (κ1) is 13.2. The monoisotopic (exact) mass is 258 g/mol. The van der Waals surface area contributed by atoms with Gasteiger partial charge in [-0.15, -0.1) is 0 Å². The van der Waals surface area contributed by atoms with Gasteiger partial charge in [0.25, 0.3) is 0 Å². The molecule has 1 saturated heterocycles. The third kappa shape index (κ3) is 2.96. The third-order valence-corrected chi connectivity index (χ3v) is 3.14. The van der Waals surface area contributed by atoms with Crippen molar-refractivity contribution in [1.29, 1.82) is 0 Å². The van der Waals surface area contributed by atoms with Gasteiger partial charge < -0.3 is 10.2 Å². The van der Waals surface area contributed by atoms with Gasteiger partial charge in [0.15, 0.2) is 0 Å². The Hall–Kier alpha value is -1.23. The van der Waals surface area contributed by atoms with Crippen molar-refractivity contribution in [2.45, 2.75) is 19.5 Å². The van der Waals surface area contributed by atoms with Crippen molar-refractivity contribution in [3.63, 3.8) is 0 Å². The minimum Gasteiger partial charge on any atom is -0.370 e. The van der Waals surface area contributed by atoms with Crippen molar-refractivity contribution in [3.05, 3.63) is 29.3 Å². The quantitative estimate of drug-likeness (QED) is 0.833. The Morgan fingerprint density at radius 1 is 1.17 bits per heavy atom. The van der Waals surface area contributed by atoms with Gasteiger partial charge in [-0.05, 0) is 32.0 Å². The van der Waals surface area contributed by atoms with Crippen LogP contribution in [-0.2, 0) is 6.18 Å². The van der Waals surface area contributed by atoms with Gasteiger partial charge in [0.2, 0.25) is 0 Å². The molecule has 0 aliphatic carbocycles. The first-order valence-electron chi connectivity index (χ1n) is 6.12. The van der Waals surface area contributed by atoms with E-state index >= 15 is 0 Å². The molecule has 0 radical (unpaired) electrons. The first-order chi connectivity index (χ1) is 8.48. The molecule has 0 spiro atoms. The Labute approximate surface area is 105 Å². The number of benzene rings is 1. The predicted octanol–water partition coefficient (Wildman–Crippen LogP) is 2.81. The summed E-state index contributed by atoms with van der Waals surface area (Å²) in [6.07, 6.45) is -3.42. The lowest BCUT2D eigenvalue weighted by Gasteiger charge is -2.26. The van der Waals surface area contributed by atoms with Gasteiger partial charge in [-0.3, -0.25) is 0 Å². The van der Waals surface area contributed by atoms with Crippen LogP contribution < -0.4 is 10.2 Å². The maximum atomic E-state index is 13.0. The van der Waals surface area contributed by atoms with E-state index in [2.05, 4.69) is 5.32 Å². The number of aryl methyl sites for hydroxylation is 1. The van der Waals surface area contributed by atoms with Crippen LogP contribution in [0.3, 0.4) is 0 Å². The smallest absolute Gasteiger partial charge is 0.370 e. The van der Waals surface area contributed by atoms with Crippen LogP contribution in [0.5, 0.6) is 0 Å². The molecule has 0 aromatic heterocycles. The van der Waals surface area contributed by atoms with Crippen LogP contribution in [-0.4, -0.2) is 26.2 Å². The minimum atomic E-state index is -4.29. The molecule has 0 atom stereocenters. The van der Waals surface area contributed by atoms with Gasteiger partial charge in [-0.2, -0.15) is 13.2 Å². The van der Waals surface area contributed by atoms with E-state index < -0.39 is 11.7 Å². The van der Waals surface area contributed by atoms with Gasteiger partial charge in [-0.25, -0.2) is 0 Å². The molecule has 2 rings (SSSR count). The van der Waals surface area contributed by atoms with Crippen molar-refractivity contribution in [1.82, 2.24) is 5.32 Å². The highest BCUT2D eigenvalue weighted by molar-refractivity contribution is 5.56. The fraction of sp³-hybridized carbons (Fsp3) is 0.538. The summed E-state index contributed by atoms with van der Waals surface area (Å²) in [6.45, 7) is 4.56. The lowest BCUT2D eigenvalue weighted by atomic mass is 10.1. The van der Waals surface area contributed by atoms with E-state index in [9.17, 15) is 13.2 Å². The van der Waals surface area contributed by atoms with Crippen LogP contribution in [0.15, 0.2) is 18.2 Å². The maximum absolute atomic E-state index is 13.0. The van der Waals surface area contributed by atoms with Gasteiger partial charge in [0, 0.05) is 25.3 Å². The number of hydrogen-bond donors (Lipinski definition) is 1. The standard InChI is InChI=1S/C13H17F3N2/c1-10-3-4-12(11(9-10)13(14,15)16)18-7-2-5-17-6-8-18/h3-4,9,17H,2,5-8H2,1H3. The summed E-state index contributed by atoms with van der Waals surface area (Å²) in [7, 11) is 0. The van der Waals surface area contributed by atoms with Crippen LogP contribution in [0, 0.1) is 6.92 Å². The molecule has 1 fully saturated rings. The summed E-state index contributed by atoms with van der Waals surface area (Å²) in [5.74, 6) is 0. The van der Waals surface area contributed by atoms with Gasteiger partial charge >= 0.3 is 6.18 Å². The molecule has 2 nitrogen and oxygen atoms in total. The highest BCUT2D eigenvalue weighted by Crippen LogP contribution is 2.37. The van der Waals surface area contributed by atoms with Crippen LogP contribution in [0.1, 0.15) is 17.5 Å². The van der Waals surface area contributed by atoms with Crippen LogP contribution in [0.2, 0.25) is 0 Å². The zero-order valence-corrected chi connectivity index (χ0v) is 10.3. The van der Waals surface area contributed by atoms with Gasteiger partial charge in [0.1, 0.15) is 0 Å². The number of anilines is 1. The molecular weight excluding hydrogens is 241 g/mol. The Bertz CT molecular complexity index is 407. The van der Waals surface area contributed by atoms with Crippen molar-refractivity contribution < 1.29 is 13.2 Å². The highest BCUT2D eigenvalue weighted by Gasteiger charge is 2.35. The Morgan fingerprint density at radius 2 is 1.94 bits per heavy atom. The highest BCUT2D eigenvalue weighted by atomic mass is 19.4. The van der Waals surface area contributed by atoms with Gasteiger partial charge in [-0.1, -0.05) is 11.6 Å². The molecule has 1 aromatic carbocycles. The molecule has 1 aromatic rings. The fourth-order valence-corrected chi connectivity index (χ4v) is 2.24. The third-order valence-electron chi connectivity index (χ3n) is 3.14. The van der Waals surface area contributed by atoms with E-state index in [-0.39, 0.29) is 0 Å². The zero-order chi connectivity index (χ0) is 13.2. The summed E-state index contributed by atoms with van der Waals surface area (Å²) >= 11 is 0. The van der Waals surface area contributed by atoms with E-state index in [1.54, 1.807) is 19.1 Å². The van der Waals surface area contributed by atoms with E-state index in [0.29, 0.717) is 24.3 Å². The number of halogens is 3. The van der Waals surface area contributed by atoms with Crippen LogP contribution >= 0.6 is 0 Å². The van der Waals surface area contributed by atoms with E-state index in [1.807, 2.05) is 4.90 Å². The topological polar surface area (TPSA) is 15.3 Å². The molecule has 1 heterocycles. The van der Waals surface area contributed by atoms with E-state index in [4.69, 9.17) is 0 Å². The summed E-state index contributed by atoms with van der Waals surface area (Å²) in [4.78, 5) is 1.82. The SMILES string of the molecule is Cc1ccc(N2CCCNCC2)c(C(F)(F)F)c1. The molecule has 0 bridgehead atoms. The first-order valence-corrected chi connectivity index (χ1v) is 6.12. The number of rotatable bonds is 1. The van der Waals surface area contributed by atoms with Crippen molar-refractivity contribution in [3.8, 4) is 0 Å². The average Bonchev–Trinajstić information content (AvgIpc) is 2.56. The fourth-order valence-electron chi connectivity index (χ4n) is 2.24. The van der Waals surface area contributed by atoms with Gasteiger partial charge in [0.05, 0.1) is 5.56 Å². The number of nitrogens with one attached hydrogen (secondary N) is 1. The van der Waals surface area contributed by atoms with E-state index in [1.165, 1.54) is 6.07 Å². The number of hydrogen-bond acceptors (Lipinski definition) is 2. The minimum absolute atomic E-state index is 0.303. The molecule has 5 heteroatoms. The Morgan fingerprint density at radius 3 is 2.67 bits per heavy atom. The second kappa shape index (κ2) is 5.18. The summed E-state index contributed by atoms with van der Waals surface area (Å²) in [5, 5.41) is 3.19. The largest absolute Gasteiger partial charge is 0.418 e. The Kier molecular flexibility index (Phi) is 3.80. The normalized spacial score (nSPS) is 17.7. The molecule has 0 saturated carbocycles. The molecule has 1 N–H and O–H groups in total. The molecule has 18 heavy (non-hydrogen) atoms. The second-order valence-corrected chi connectivity index (χ2v) is 4.61. The number of nitrogens with zero attached hydrogens (tertiary/aromatic N) is 1. The summed E-state index contributed by atoms with van der Waals surface area (Å²) in [6, 6.07) is 4.56. The second-order valence-electron chi connectivity index (χ2n) is 4.61. The van der Waals surface area contributed by atoms with Crippen molar-refractivity contribution in [2.75, 3.05) is 31.1 Å². The zero-order valence-electron chi connectivity index (χ0n) is 10.3. The lowest BCUT2D eigenvalue weighted by Crippen LogP contribution is -2.29. The molecule has 100 valence electrons. The van der Waals surface area contributed by atoms with Crippen LogP contribution in [0.25, 0.3) is 0 Å². The molecular formula is C13H17F3N2. The molecule has 1 aliphatic rings. The molecule has 0 amide bonds.